The predicted molar refractivity (Wildman–Crippen MR) is 82.8 cm³/mol. The molecule has 4 heteroatoms. The molecule has 118 valence electrons. The first-order chi connectivity index (χ1) is 9.42. The standard InChI is InChI=1S/C16H32N2O2/c1-6-18(14-9-7-8-10-14)12-11-16(4,15(19)20-5)17-13(2)3/h13-14,17H,6-12H2,1-5H3. The molecule has 1 fully saturated rings. The van der Waals surface area contributed by atoms with Gasteiger partial charge in [0.05, 0.1) is 7.11 Å². The van der Waals surface area contributed by atoms with E-state index < -0.39 is 5.54 Å². The fourth-order valence-electron chi connectivity index (χ4n) is 3.33. The molecule has 0 aliphatic heterocycles. The summed E-state index contributed by atoms with van der Waals surface area (Å²) in [5.74, 6) is -0.159. The van der Waals surface area contributed by atoms with Gasteiger partial charge >= 0.3 is 5.97 Å². The van der Waals surface area contributed by atoms with Crippen molar-refractivity contribution in [1.82, 2.24) is 10.2 Å². The summed E-state index contributed by atoms with van der Waals surface area (Å²) in [6, 6.07) is 0.974. The Morgan fingerprint density at radius 3 is 2.45 bits per heavy atom. The van der Waals surface area contributed by atoms with E-state index in [1.807, 2.05) is 6.92 Å². The van der Waals surface area contributed by atoms with Crippen molar-refractivity contribution < 1.29 is 9.53 Å². The summed E-state index contributed by atoms with van der Waals surface area (Å²) in [4.78, 5) is 14.6. The summed E-state index contributed by atoms with van der Waals surface area (Å²) < 4.78 is 4.99. The summed E-state index contributed by atoms with van der Waals surface area (Å²) in [5.41, 5.74) is -0.588. The highest BCUT2D eigenvalue weighted by atomic mass is 16.5. The molecule has 0 heterocycles. The lowest BCUT2D eigenvalue weighted by molar-refractivity contribution is -0.148. The van der Waals surface area contributed by atoms with Crippen molar-refractivity contribution in [2.24, 2.45) is 0 Å². The Morgan fingerprint density at radius 2 is 2.00 bits per heavy atom. The molecule has 0 spiro atoms. The zero-order valence-corrected chi connectivity index (χ0v) is 13.9. The van der Waals surface area contributed by atoms with Crippen LogP contribution in [0.4, 0.5) is 0 Å². The molecule has 20 heavy (non-hydrogen) atoms. The molecule has 1 saturated carbocycles. The number of carbonyl (C=O) groups excluding carboxylic acids is 1. The highest BCUT2D eigenvalue weighted by molar-refractivity contribution is 5.80. The highest BCUT2D eigenvalue weighted by Gasteiger charge is 2.35. The first kappa shape index (κ1) is 17.4. The third-order valence-electron chi connectivity index (χ3n) is 4.39. The van der Waals surface area contributed by atoms with Gasteiger partial charge in [0, 0.05) is 18.6 Å². The molecule has 0 aromatic carbocycles. The van der Waals surface area contributed by atoms with Crippen molar-refractivity contribution in [2.45, 2.75) is 77.4 Å². The van der Waals surface area contributed by atoms with Crippen LogP contribution in [0.3, 0.4) is 0 Å². The molecule has 1 aliphatic carbocycles. The molecule has 1 atom stereocenters. The van der Waals surface area contributed by atoms with Crippen LogP contribution in [0.2, 0.25) is 0 Å². The van der Waals surface area contributed by atoms with Crippen molar-refractivity contribution in [1.29, 1.82) is 0 Å². The van der Waals surface area contributed by atoms with Crippen LogP contribution in [-0.2, 0) is 9.53 Å². The van der Waals surface area contributed by atoms with Gasteiger partial charge in [-0.05, 0) is 46.6 Å². The third-order valence-corrected chi connectivity index (χ3v) is 4.39. The molecule has 0 amide bonds. The summed E-state index contributed by atoms with van der Waals surface area (Å²) >= 11 is 0. The molecule has 0 aromatic heterocycles. The molecular formula is C16H32N2O2. The van der Waals surface area contributed by atoms with Gasteiger partial charge in [0.1, 0.15) is 5.54 Å². The number of rotatable bonds is 8. The van der Waals surface area contributed by atoms with Gasteiger partial charge in [-0.15, -0.1) is 0 Å². The molecule has 0 bridgehead atoms. The van der Waals surface area contributed by atoms with E-state index in [1.165, 1.54) is 32.8 Å². The van der Waals surface area contributed by atoms with Gasteiger partial charge in [-0.1, -0.05) is 19.8 Å². The number of hydrogen-bond acceptors (Lipinski definition) is 4. The monoisotopic (exact) mass is 284 g/mol. The summed E-state index contributed by atoms with van der Waals surface area (Å²) in [6.45, 7) is 10.3. The Morgan fingerprint density at radius 1 is 1.40 bits per heavy atom. The average Bonchev–Trinajstić information content (AvgIpc) is 2.91. The van der Waals surface area contributed by atoms with E-state index in [-0.39, 0.29) is 12.0 Å². The van der Waals surface area contributed by atoms with Gasteiger partial charge in [0.25, 0.3) is 0 Å². The minimum Gasteiger partial charge on any atom is -0.468 e. The van der Waals surface area contributed by atoms with Crippen molar-refractivity contribution in [3.8, 4) is 0 Å². The van der Waals surface area contributed by atoms with Crippen LogP contribution in [0.1, 0.15) is 59.8 Å². The molecular weight excluding hydrogens is 252 g/mol. The van der Waals surface area contributed by atoms with E-state index >= 15 is 0 Å². The lowest BCUT2D eigenvalue weighted by Crippen LogP contribution is -2.54. The maximum absolute atomic E-state index is 12.1. The number of ether oxygens (including phenoxy) is 1. The fourth-order valence-corrected chi connectivity index (χ4v) is 3.33. The Labute approximate surface area is 124 Å². The third kappa shape index (κ3) is 4.74. The van der Waals surface area contributed by atoms with Crippen molar-refractivity contribution in [3.63, 3.8) is 0 Å². The van der Waals surface area contributed by atoms with E-state index in [2.05, 4.69) is 31.0 Å². The molecule has 0 radical (unpaired) electrons. The average molecular weight is 284 g/mol. The minimum absolute atomic E-state index is 0.159. The van der Waals surface area contributed by atoms with Crippen molar-refractivity contribution in [3.05, 3.63) is 0 Å². The lowest BCUT2D eigenvalue weighted by Gasteiger charge is -2.34. The van der Waals surface area contributed by atoms with Crippen LogP contribution in [0, 0.1) is 0 Å². The zero-order valence-electron chi connectivity index (χ0n) is 13.9. The topological polar surface area (TPSA) is 41.6 Å². The second-order valence-electron chi connectivity index (χ2n) is 6.44. The van der Waals surface area contributed by atoms with Crippen molar-refractivity contribution in [2.75, 3.05) is 20.2 Å². The van der Waals surface area contributed by atoms with Gasteiger partial charge in [-0.2, -0.15) is 0 Å². The first-order valence-corrected chi connectivity index (χ1v) is 8.03. The summed E-state index contributed by atoms with van der Waals surface area (Å²) in [7, 11) is 1.47. The number of nitrogens with zero attached hydrogens (tertiary/aromatic N) is 1. The highest BCUT2D eigenvalue weighted by Crippen LogP contribution is 2.24. The van der Waals surface area contributed by atoms with E-state index in [0.29, 0.717) is 6.04 Å². The Hall–Kier alpha value is -0.610. The van der Waals surface area contributed by atoms with Gasteiger partial charge in [0.15, 0.2) is 0 Å². The zero-order chi connectivity index (χ0) is 15.2. The summed E-state index contributed by atoms with van der Waals surface area (Å²) in [5, 5.41) is 3.38. The van der Waals surface area contributed by atoms with E-state index in [0.717, 1.165) is 19.5 Å². The van der Waals surface area contributed by atoms with E-state index in [1.54, 1.807) is 0 Å². The quantitative estimate of drug-likeness (QED) is 0.696. The minimum atomic E-state index is -0.588. The lowest BCUT2D eigenvalue weighted by atomic mass is 9.96. The SMILES string of the molecule is CCN(CCC(C)(NC(C)C)C(=O)OC)C1CCCC1. The van der Waals surface area contributed by atoms with E-state index in [4.69, 9.17) is 4.74 Å². The predicted octanol–water partition coefficient (Wildman–Crippen LogP) is 2.57. The Kier molecular flexibility index (Phi) is 6.96. The van der Waals surface area contributed by atoms with Crippen LogP contribution >= 0.6 is 0 Å². The van der Waals surface area contributed by atoms with Crippen molar-refractivity contribution >= 4 is 5.97 Å². The fraction of sp³-hybridized carbons (Fsp3) is 0.938. The molecule has 0 saturated heterocycles. The molecule has 1 aliphatic rings. The summed E-state index contributed by atoms with van der Waals surface area (Å²) in [6.07, 6.45) is 6.10. The van der Waals surface area contributed by atoms with Gasteiger partial charge < -0.3 is 9.64 Å². The van der Waals surface area contributed by atoms with E-state index in [9.17, 15) is 4.79 Å². The van der Waals surface area contributed by atoms with Crippen LogP contribution < -0.4 is 5.32 Å². The van der Waals surface area contributed by atoms with Crippen LogP contribution in [0.15, 0.2) is 0 Å². The molecule has 4 nitrogen and oxygen atoms in total. The van der Waals surface area contributed by atoms with Crippen LogP contribution in [0.5, 0.6) is 0 Å². The van der Waals surface area contributed by atoms with Crippen LogP contribution in [0.25, 0.3) is 0 Å². The Balaban J connectivity index is 2.61. The number of carbonyl (C=O) groups is 1. The molecule has 1 unspecified atom stereocenters. The first-order valence-electron chi connectivity index (χ1n) is 8.03. The maximum atomic E-state index is 12.1. The molecule has 1 rings (SSSR count). The van der Waals surface area contributed by atoms with Crippen LogP contribution in [-0.4, -0.2) is 48.7 Å². The van der Waals surface area contributed by atoms with Gasteiger partial charge in [0.2, 0.25) is 0 Å². The molecule has 1 N–H and O–H groups in total. The van der Waals surface area contributed by atoms with Gasteiger partial charge in [-0.3, -0.25) is 10.1 Å². The second kappa shape index (κ2) is 7.99. The number of hydrogen-bond donors (Lipinski definition) is 1. The molecule has 0 aromatic rings. The second-order valence-corrected chi connectivity index (χ2v) is 6.44. The van der Waals surface area contributed by atoms with Gasteiger partial charge in [-0.25, -0.2) is 0 Å². The normalized spacial score (nSPS) is 19.6. The Bertz CT molecular complexity index is 301. The smallest absolute Gasteiger partial charge is 0.325 e. The maximum Gasteiger partial charge on any atom is 0.325 e. The largest absolute Gasteiger partial charge is 0.468 e. The number of nitrogens with one attached hydrogen (secondary N) is 1. The number of methoxy groups -OCH3 is 1. The number of esters is 1.